The smallest absolute Gasteiger partial charge is 0.318 e. The summed E-state index contributed by atoms with van der Waals surface area (Å²) in [6, 6.07) is 7.03. The van der Waals surface area contributed by atoms with E-state index in [-0.39, 0.29) is 18.0 Å². The summed E-state index contributed by atoms with van der Waals surface area (Å²) in [7, 11) is 0. The van der Waals surface area contributed by atoms with E-state index in [1.54, 1.807) is 34.3 Å². The number of rotatable bonds is 4. The SMILES string of the molecule is CC[C@H](NC(=O)N1CCN(C(=O)c2ccco2)CC1)c1ccncc1. The zero-order valence-electron chi connectivity index (χ0n) is 14.2. The molecule has 1 aliphatic heterocycles. The maximum absolute atomic E-state index is 12.5. The van der Waals surface area contributed by atoms with Crippen LogP contribution < -0.4 is 5.32 Å². The fraction of sp³-hybridized carbons (Fsp3) is 0.389. The third-order valence-corrected chi connectivity index (χ3v) is 4.40. The summed E-state index contributed by atoms with van der Waals surface area (Å²) >= 11 is 0. The Morgan fingerprint density at radius 1 is 1.16 bits per heavy atom. The Morgan fingerprint density at radius 3 is 2.44 bits per heavy atom. The number of hydrogen-bond acceptors (Lipinski definition) is 4. The Kier molecular flexibility index (Phi) is 5.33. The average Bonchev–Trinajstić information content (AvgIpc) is 3.21. The topological polar surface area (TPSA) is 78.7 Å². The molecule has 25 heavy (non-hydrogen) atoms. The maximum Gasteiger partial charge on any atom is 0.318 e. The molecular formula is C18H22N4O3. The lowest BCUT2D eigenvalue weighted by molar-refractivity contribution is 0.0632. The molecule has 3 rings (SSSR count). The van der Waals surface area contributed by atoms with Crippen LogP contribution in [0.5, 0.6) is 0 Å². The minimum atomic E-state index is -0.131. The predicted octanol–water partition coefficient (Wildman–Crippen LogP) is 2.29. The van der Waals surface area contributed by atoms with Gasteiger partial charge in [-0.1, -0.05) is 6.92 Å². The van der Waals surface area contributed by atoms with E-state index in [4.69, 9.17) is 4.42 Å². The van der Waals surface area contributed by atoms with Gasteiger partial charge in [0.2, 0.25) is 0 Å². The fourth-order valence-corrected chi connectivity index (χ4v) is 2.93. The summed E-state index contributed by atoms with van der Waals surface area (Å²) in [4.78, 5) is 32.2. The minimum absolute atomic E-state index is 0.0433. The summed E-state index contributed by atoms with van der Waals surface area (Å²) in [5.74, 6) is 0.204. The first kappa shape index (κ1) is 17.0. The van der Waals surface area contributed by atoms with E-state index in [9.17, 15) is 9.59 Å². The number of nitrogens with zero attached hydrogens (tertiary/aromatic N) is 3. The summed E-state index contributed by atoms with van der Waals surface area (Å²) in [5, 5.41) is 3.06. The molecule has 0 aliphatic carbocycles. The Morgan fingerprint density at radius 2 is 1.84 bits per heavy atom. The quantitative estimate of drug-likeness (QED) is 0.925. The van der Waals surface area contributed by atoms with Crippen molar-refractivity contribution in [3.05, 3.63) is 54.2 Å². The molecule has 2 aromatic heterocycles. The van der Waals surface area contributed by atoms with Crippen LogP contribution in [-0.2, 0) is 0 Å². The molecule has 0 spiro atoms. The van der Waals surface area contributed by atoms with Crippen molar-refractivity contribution in [3.63, 3.8) is 0 Å². The van der Waals surface area contributed by atoms with Crippen LogP contribution in [0.1, 0.15) is 35.5 Å². The molecule has 0 radical (unpaired) electrons. The van der Waals surface area contributed by atoms with Crippen molar-refractivity contribution < 1.29 is 14.0 Å². The third-order valence-electron chi connectivity index (χ3n) is 4.40. The highest BCUT2D eigenvalue weighted by Gasteiger charge is 2.27. The zero-order valence-corrected chi connectivity index (χ0v) is 14.2. The molecule has 1 atom stereocenters. The fourth-order valence-electron chi connectivity index (χ4n) is 2.93. The lowest BCUT2D eigenvalue weighted by Crippen LogP contribution is -2.53. The molecule has 3 amide bonds. The molecule has 3 heterocycles. The van der Waals surface area contributed by atoms with Gasteiger partial charge in [-0.15, -0.1) is 0 Å². The molecule has 1 saturated heterocycles. The highest BCUT2D eigenvalue weighted by Crippen LogP contribution is 2.16. The monoisotopic (exact) mass is 342 g/mol. The van der Waals surface area contributed by atoms with Gasteiger partial charge in [0.05, 0.1) is 12.3 Å². The number of carbonyl (C=O) groups is 2. The first-order valence-electron chi connectivity index (χ1n) is 8.47. The van der Waals surface area contributed by atoms with Crippen molar-refractivity contribution in [2.24, 2.45) is 0 Å². The molecular weight excluding hydrogens is 320 g/mol. The van der Waals surface area contributed by atoms with Crippen LogP contribution >= 0.6 is 0 Å². The lowest BCUT2D eigenvalue weighted by Gasteiger charge is -2.35. The molecule has 7 heteroatoms. The first-order chi connectivity index (χ1) is 12.2. The van der Waals surface area contributed by atoms with Gasteiger partial charge in [0.25, 0.3) is 5.91 Å². The van der Waals surface area contributed by atoms with Crippen molar-refractivity contribution in [2.45, 2.75) is 19.4 Å². The molecule has 0 bridgehead atoms. The second-order valence-electron chi connectivity index (χ2n) is 5.95. The molecule has 2 aromatic rings. The van der Waals surface area contributed by atoms with Gasteiger partial charge in [0.15, 0.2) is 5.76 Å². The van der Waals surface area contributed by atoms with Crippen LogP contribution in [0.15, 0.2) is 47.3 Å². The Hall–Kier alpha value is -2.83. The second-order valence-corrected chi connectivity index (χ2v) is 5.95. The molecule has 0 unspecified atom stereocenters. The zero-order chi connectivity index (χ0) is 17.6. The van der Waals surface area contributed by atoms with Crippen molar-refractivity contribution in [2.75, 3.05) is 26.2 Å². The van der Waals surface area contributed by atoms with E-state index in [0.717, 1.165) is 12.0 Å². The number of aromatic nitrogens is 1. The summed E-state index contributed by atoms with van der Waals surface area (Å²) < 4.78 is 5.15. The van der Waals surface area contributed by atoms with Gasteiger partial charge >= 0.3 is 6.03 Å². The van der Waals surface area contributed by atoms with Crippen LogP contribution in [0.4, 0.5) is 4.79 Å². The van der Waals surface area contributed by atoms with Crippen molar-refractivity contribution >= 4 is 11.9 Å². The highest BCUT2D eigenvalue weighted by molar-refractivity contribution is 5.91. The van der Waals surface area contributed by atoms with E-state index in [1.165, 1.54) is 6.26 Å². The van der Waals surface area contributed by atoms with Crippen LogP contribution in [0.3, 0.4) is 0 Å². The Balaban J connectivity index is 1.54. The number of hydrogen-bond donors (Lipinski definition) is 1. The summed E-state index contributed by atoms with van der Waals surface area (Å²) in [6.07, 6.45) is 5.74. The number of carbonyl (C=O) groups excluding carboxylic acids is 2. The van der Waals surface area contributed by atoms with Gasteiger partial charge in [0, 0.05) is 38.6 Å². The average molecular weight is 342 g/mol. The van der Waals surface area contributed by atoms with E-state index in [0.29, 0.717) is 31.9 Å². The maximum atomic E-state index is 12.5. The Bertz CT molecular complexity index is 694. The van der Waals surface area contributed by atoms with Crippen LogP contribution in [0.2, 0.25) is 0 Å². The highest BCUT2D eigenvalue weighted by atomic mass is 16.3. The first-order valence-corrected chi connectivity index (χ1v) is 8.47. The minimum Gasteiger partial charge on any atom is -0.459 e. The number of amides is 3. The standard InChI is InChI=1S/C18H22N4O3/c1-2-15(14-5-7-19-8-6-14)20-18(24)22-11-9-21(10-12-22)17(23)16-4-3-13-25-16/h3-8,13,15H,2,9-12H2,1H3,(H,20,24)/t15-/m0/s1. The van der Waals surface area contributed by atoms with Crippen LogP contribution in [0, 0.1) is 0 Å². The number of piperazine rings is 1. The number of urea groups is 1. The lowest BCUT2D eigenvalue weighted by atomic mass is 10.1. The predicted molar refractivity (Wildman–Crippen MR) is 92.0 cm³/mol. The summed E-state index contributed by atoms with van der Waals surface area (Å²) in [6.45, 7) is 4.04. The molecule has 0 saturated carbocycles. The molecule has 7 nitrogen and oxygen atoms in total. The van der Waals surface area contributed by atoms with Crippen LogP contribution in [-0.4, -0.2) is 52.9 Å². The van der Waals surface area contributed by atoms with Gasteiger partial charge < -0.3 is 19.5 Å². The second kappa shape index (κ2) is 7.83. The molecule has 1 N–H and O–H groups in total. The van der Waals surface area contributed by atoms with Gasteiger partial charge in [-0.05, 0) is 36.2 Å². The molecule has 132 valence electrons. The van der Waals surface area contributed by atoms with Crippen molar-refractivity contribution in [1.29, 1.82) is 0 Å². The van der Waals surface area contributed by atoms with Gasteiger partial charge in [-0.25, -0.2) is 4.79 Å². The summed E-state index contributed by atoms with van der Waals surface area (Å²) in [5.41, 5.74) is 1.04. The molecule has 1 aliphatic rings. The Labute approximate surface area is 146 Å². The van der Waals surface area contributed by atoms with E-state index >= 15 is 0 Å². The largest absolute Gasteiger partial charge is 0.459 e. The number of furan rings is 1. The van der Waals surface area contributed by atoms with Gasteiger partial charge in [-0.2, -0.15) is 0 Å². The van der Waals surface area contributed by atoms with E-state index in [2.05, 4.69) is 10.3 Å². The van der Waals surface area contributed by atoms with Crippen molar-refractivity contribution in [3.8, 4) is 0 Å². The number of pyridine rings is 1. The molecule has 0 aromatic carbocycles. The van der Waals surface area contributed by atoms with E-state index in [1.807, 2.05) is 19.1 Å². The van der Waals surface area contributed by atoms with Crippen LogP contribution in [0.25, 0.3) is 0 Å². The number of nitrogens with one attached hydrogen (secondary N) is 1. The molecule has 1 fully saturated rings. The van der Waals surface area contributed by atoms with Gasteiger partial charge in [0.1, 0.15) is 0 Å². The van der Waals surface area contributed by atoms with Gasteiger partial charge in [-0.3, -0.25) is 9.78 Å². The van der Waals surface area contributed by atoms with Crippen molar-refractivity contribution in [1.82, 2.24) is 20.1 Å². The normalized spacial score (nSPS) is 15.7. The third kappa shape index (κ3) is 3.99. The van der Waals surface area contributed by atoms with E-state index < -0.39 is 0 Å².